The smallest absolute Gasteiger partial charge is 0.0933 e. The molecule has 17 heavy (non-hydrogen) atoms. The molecule has 5 nitrogen and oxygen atoms in total. The number of nitrogens with zero attached hydrogens (tertiary/aromatic N) is 2. The van der Waals surface area contributed by atoms with Gasteiger partial charge in [-0.3, -0.25) is 4.68 Å². The van der Waals surface area contributed by atoms with Crippen molar-refractivity contribution in [3.63, 3.8) is 0 Å². The Hall–Kier alpha value is -0.910. The Morgan fingerprint density at radius 2 is 2.41 bits per heavy atom. The molecular weight excluding hydrogens is 218 g/mol. The van der Waals surface area contributed by atoms with E-state index >= 15 is 0 Å². The first-order valence-corrected chi connectivity index (χ1v) is 6.09. The summed E-state index contributed by atoms with van der Waals surface area (Å²) in [5.41, 5.74) is 2.32. The molecule has 1 aromatic heterocycles. The van der Waals surface area contributed by atoms with Gasteiger partial charge in [-0.1, -0.05) is 0 Å². The van der Waals surface area contributed by atoms with Crippen LogP contribution in [0.15, 0.2) is 6.20 Å². The third-order valence-corrected chi connectivity index (χ3v) is 3.05. The molecule has 1 aliphatic heterocycles. The van der Waals surface area contributed by atoms with E-state index in [1.54, 1.807) is 0 Å². The van der Waals surface area contributed by atoms with Crippen LogP contribution in [0.5, 0.6) is 0 Å². The summed E-state index contributed by atoms with van der Waals surface area (Å²) in [7, 11) is 1.95. The van der Waals surface area contributed by atoms with Crippen LogP contribution in [0.4, 0.5) is 0 Å². The normalized spacial score (nSPS) is 22.6. The molecule has 0 aromatic carbocycles. The molecule has 96 valence electrons. The second-order valence-electron chi connectivity index (χ2n) is 4.54. The van der Waals surface area contributed by atoms with Gasteiger partial charge in [-0.05, 0) is 13.8 Å². The molecule has 1 N–H and O–H groups in total. The fourth-order valence-electron chi connectivity index (χ4n) is 2.12. The molecule has 2 heterocycles. The molecule has 1 fully saturated rings. The third-order valence-electron chi connectivity index (χ3n) is 3.05. The van der Waals surface area contributed by atoms with Crippen molar-refractivity contribution in [3.8, 4) is 0 Å². The molecule has 2 unspecified atom stereocenters. The van der Waals surface area contributed by atoms with Gasteiger partial charge in [-0.25, -0.2) is 0 Å². The zero-order valence-electron chi connectivity index (χ0n) is 10.8. The van der Waals surface area contributed by atoms with Crippen molar-refractivity contribution in [1.82, 2.24) is 15.1 Å². The standard InChI is InChI=1S/C12H21N3O2/c1-9(12-7-15(3)14-10(12)2)13-6-11-8-16-4-5-17-11/h7,9,11,13H,4-6,8H2,1-3H3. The second kappa shape index (κ2) is 5.62. The number of rotatable bonds is 4. The van der Waals surface area contributed by atoms with Gasteiger partial charge >= 0.3 is 0 Å². The van der Waals surface area contributed by atoms with Crippen molar-refractivity contribution in [3.05, 3.63) is 17.5 Å². The van der Waals surface area contributed by atoms with E-state index in [9.17, 15) is 0 Å². The molecule has 0 bridgehead atoms. The number of aromatic nitrogens is 2. The SMILES string of the molecule is Cc1nn(C)cc1C(C)NCC1COCCO1. The largest absolute Gasteiger partial charge is 0.376 e. The van der Waals surface area contributed by atoms with Gasteiger partial charge in [0.05, 0.1) is 31.6 Å². The maximum Gasteiger partial charge on any atom is 0.0933 e. The number of hydrogen-bond acceptors (Lipinski definition) is 4. The molecule has 0 saturated carbocycles. The van der Waals surface area contributed by atoms with Gasteiger partial charge < -0.3 is 14.8 Å². The Kier molecular flexibility index (Phi) is 4.15. The van der Waals surface area contributed by atoms with E-state index in [4.69, 9.17) is 9.47 Å². The number of aryl methyl sites for hydroxylation is 2. The first-order chi connectivity index (χ1) is 8.16. The Labute approximate surface area is 102 Å². The lowest BCUT2D eigenvalue weighted by Crippen LogP contribution is -2.38. The van der Waals surface area contributed by atoms with Crippen LogP contribution in [0.25, 0.3) is 0 Å². The average Bonchev–Trinajstić information content (AvgIpc) is 2.67. The molecule has 1 saturated heterocycles. The molecular formula is C12H21N3O2. The van der Waals surface area contributed by atoms with Crippen LogP contribution in [-0.4, -0.2) is 42.2 Å². The first kappa shape index (κ1) is 12.5. The zero-order chi connectivity index (χ0) is 12.3. The highest BCUT2D eigenvalue weighted by Gasteiger charge is 2.17. The minimum atomic E-state index is 0.170. The minimum Gasteiger partial charge on any atom is -0.376 e. The van der Waals surface area contributed by atoms with E-state index in [0.29, 0.717) is 19.8 Å². The van der Waals surface area contributed by atoms with Crippen LogP contribution >= 0.6 is 0 Å². The van der Waals surface area contributed by atoms with E-state index in [2.05, 4.69) is 23.5 Å². The summed E-state index contributed by atoms with van der Waals surface area (Å²) in [4.78, 5) is 0. The molecule has 0 amide bonds. The summed E-state index contributed by atoms with van der Waals surface area (Å²) in [6.07, 6.45) is 2.23. The van der Waals surface area contributed by atoms with E-state index in [0.717, 1.165) is 12.2 Å². The van der Waals surface area contributed by atoms with Crippen molar-refractivity contribution < 1.29 is 9.47 Å². The Balaban J connectivity index is 1.84. The summed E-state index contributed by atoms with van der Waals surface area (Å²) in [5, 5.41) is 7.81. The quantitative estimate of drug-likeness (QED) is 0.844. The maximum absolute atomic E-state index is 5.59. The Bertz CT molecular complexity index is 359. The predicted octanol–water partition coefficient (Wildman–Crippen LogP) is 0.795. The molecule has 2 atom stereocenters. The summed E-state index contributed by atoms with van der Waals surface area (Å²) < 4.78 is 12.8. The van der Waals surface area contributed by atoms with E-state index in [-0.39, 0.29) is 12.1 Å². The van der Waals surface area contributed by atoms with Crippen LogP contribution in [0.2, 0.25) is 0 Å². The van der Waals surface area contributed by atoms with Gasteiger partial charge in [0.15, 0.2) is 0 Å². The maximum atomic E-state index is 5.59. The molecule has 0 aliphatic carbocycles. The average molecular weight is 239 g/mol. The number of hydrogen-bond donors (Lipinski definition) is 1. The Morgan fingerprint density at radius 1 is 1.59 bits per heavy atom. The van der Waals surface area contributed by atoms with Gasteiger partial charge in [-0.2, -0.15) is 5.10 Å². The topological polar surface area (TPSA) is 48.3 Å². The molecule has 2 rings (SSSR count). The summed E-state index contributed by atoms with van der Waals surface area (Å²) >= 11 is 0. The van der Waals surface area contributed by atoms with Crippen LogP contribution in [-0.2, 0) is 16.5 Å². The van der Waals surface area contributed by atoms with Crippen molar-refractivity contribution in [1.29, 1.82) is 0 Å². The highest BCUT2D eigenvalue weighted by Crippen LogP contribution is 2.15. The summed E-state index contributed by atoms with van der Waals surface area (Å²) in [5.74, 6) is 0. The van der Waals surface area contributed by atoms with Crippen LogP contribution in [0, 0.1) is 6.92 Å². The molecule has 5 heteroatoms. The molecule has 0 radical (unpaired) electrons. The minimum absolute atomic E-state index is 0.170. The lowest BCUT2D eigenvalue weighted by Gasteiger charge is -2.24. The third kappa shape index (κ3) is 3.28. The summed E-state index contributed by atoms with van der Waals surface area (Å²) in [6.45, 7) is 7.10. The highest BCUT2D eigenvalue weighted by atomic mass is 16.6. The molecule has 0 spiro atoms. The molecule has 1 aromatic rings. The highest BCUT2D eigenvalue weighted by molar-refractivity contribution is 5.19. The lowest BCUT2D eigenvalue weighted by molar-refractivity contribution is -0.0869. The number of ether oxygens (including phenoxy) is 2. The van der Waals surface area contributed by atoms with Gasteiger partial charge in [0.2, 0.25) is 0 Å². The van der Waals surface area contributed by atoms with Crippen LogP contribution < -0.4 is 5.32 Å². The van der Waals surface area contributed by atoms with Gasteiger partial charge in [-0.15, -0.1) is 0 Å². The van der Waals surface area contributed by atoms with Gasteiger partial charge in [0.1, 0.15) is 0 Å². The van der Waals surface area contributed by atoms with Crippen molar-refractivity contribution in [2.24, 2.45) is 7.05 Å². The predicted molar refractivity (Wildman–Crippen MR) is 64.9 cm³/mol. The van der Waals surface area contributed by atoms with Gasteiger partial charge in [0, 0.05) is 31.4 Å². The van der Waals surface area contributed by atoms with E-state index in [1.807, 2.05) is 18.7 Å². The van der Waals surface area contributed by atoms with E-state index < -0.39 is 0 Å². The number of nitrogens with one attached hydrogen (secondary N) is 1. The second-order valence-corrected chi connectivity index (χ2v) is 4.54. The van der Waals surface area contributed by atoms with Crippen LogP contribution in [0.1, 0.15) is 24.2 Å². The lowest BCUT2D eigenvalue weighted by atomic mass is 10.1. The summed E-state index contributed by atoms with van der Waals surface area (Å²) in [6, 6.07) is 0.286. The van der Waals surface area contributed by atoms with E-state index in [1.165, 1.54) is 5.56 Å². The van der Waals surface area contributed by atoms with Crippen molar-refractivity contribution in [2.75, 3.05) is 26.4 Å². The fraction of sp³-hybridized carbons (Fsp3) is 0.750. The van der Waals surface area contributed by atoms with Gasteiger partial charge in [0.25, 0.3) is 0 Å². The fourth-order valence-corrected chi connectivity index (χ4v) is 2.12. The molecule has 1 aliphatic rings. The Morgan fingerprint density at radius 3 is 3.00 bits per heavy atom. The van der Waals surface area contributed by atoms with Crippen molar-refractivity contribution >= 4 is 0 Å². The zero-order valence-corrected chi connectivity index (χ0v) is 10.8. The van der Waals surface area contributed by atoms with Crippen LogP contribution in [0.3, 0.4) is 0 Å². The first-order valence-electron chi connectivity index (χ1n) is 6.09. The van der Waals surface area contributed by atoms with Crippen molar-refractivity contribution in [2.45, 2.75) is 26.0 Å². The monoisotopic (exact) mass is 239 g/mol.